The molecule has 2 saturated heterocycles. The van der Waals surface area contributed by atoms with Crippen molar-refractivity contribution in [1.82, 2.24) is 4.90 Å². The van der Waals surface area contributed by atoms with Crippen molar-refractivity contribution < 1.29 is 33.9 Å². The van der Waals surface area contributed by atoms with Gasteiger partial charge in [0.15, 0.2) is 21.2 Å². The Hall–Kier alpha value is -3.48. The van der Waals surface area contributed by atoms with Crippen LogP contribution in [-0.4, -0.2) is 60.4 Å². The Morgan fingerprint density at radius 3 is 2.40 bits per heavy atom. The minimum absolute atomic E-state index is 0.125. The van der Waals surface area contributed by atoms with E-state index in [1.54, 1.807) is 31.2 Å². The van der Waals surface area contributed by atoms with Gasteiger partial charge in [0.2, 0.25) is 11.8 Å². The number of phenolic OH excluding ortho intramolecular Hbond substituents is 1. The molecule has 2 aromatic carbocycles. The number of rotatable bonds is 6. The van der Waals surface area contributed by atoms with E-state index in [1.165, 1.54) is 24.3 Å². The summed E-state index contributed by atoms with van der Waals surface area (Å²) in [6, 6.07) is 9.82. The second-order valence-electron chi connectivity index (χ2n) is 10.9. The molecule has 0 spiro atoms. The SMILES string of the molecule is CCOc1cccc(C2C3=CCC4C(=O)N(c5ccc([N+](=O)[O-])cc5)C(=O)C4C3CC3(Cl)C(=O)N(CBr)C(=O)C23Cl)c1O. The Kier molecular flexibility index (Phi) is 7.09. The van der Waals surface area contributed by atoms with Crippen LogP contribution in [0.25, 0.3) is 0 Å². The highest BCUT2D eigenvalue weighted by atomic mass is 79.9. The van der Waals surface area contributed by atoms with Gasteiger partial charge in [0.1, 0.15) is 0 Å². The summed E-state index contributed by atoms with van der Waals surface area (Å²) in [6.07, 6.45) is 1.66. The van der Waals surface area contributed by atoms with Crippen molar-refractivity contribution in [3.8, 4) is 11.5 Å². The number of benzene rings is 2. The number of amides is 4. The number of hydrogen-bond donors (Lipinski definition) is 1. The lowest BCUT2D eigenvalue weighted by Gasteiger charge is -2.50. The fourth-order valence-electron chi connectivity index (χ4n) is 7.12. The first-order valence-electron chi connectivity index (χ1n) is 13.5. The largest absolute Gasteiger partial charge is 0.504 e. The molecule has 6 unspecified atom stereocenters. The van der Waals surface area contributed by atoms with Gasteiger partial charge in [-0.1, -0.05) is 39.7 Å². The number of alkyl halides is 3. The first-order chi connectivity index (χ1) is 20.4. The molecule has 4 amide bonds. The number of para-hydroxylation sites is 1. The van der Waals surface area contributed by atoms with Crippen LogP contribution in [0, 0.1) is 27.9 Å². The molecule has 2 aliphatic carbocycles. The zero-order valence-corrected chi connectivity index (χ0v) is 25.6. The molecule has 2 aromatic rings. The number of carbonyl (C=O) groups excluding carboxylic acids is 4. The van der Waals surface area contributed by atoms with Crippen LogP contribution in [0.1, 0.15) is 31.2 Å². The maximum atomic E-state index is 14.0. The predicted molar refractivity (Wildman–Crippen MR) is 158 cm³/mol. The van der Waals surface area contributed by atoms with Crippen LogP contribution in [0.5, 0.6) is 11.5 Å². The van der Waals surface area contributed by atoms with Gasteiger partial charge in [-0.2, -0.15) is 0 Å². The summed E-state index contributed by atoms with van der Waals surface area (Å²) < 4.78 is 5.59. The summed E-state index contributed by atoms with van der Waals surface area (Å²) in [7, 11) is 0. The van der Waals surface area contributed by atoms with Crippen LogP contribution in [0.4, 0.5) is 11.4 Å². The average molecular weight is 693 g/mol. The van der Waals surface area contributed by atoms with Crippen LogP contribution in [0.2, 0.25) is 0 Å². The molecule has 1 N–H and O–H groups in total. The van der Waals surface area contributed by atoms with E-state index in [0.717, 1.165) is 9.80 Å². The number of hydrogen-bond acceptors (Lipinski definition) is 8. The zero-order valence-electron chi connectivity index (χ0n) is 22.5. The second-order valence-corrected chi connectivity index (χ2v) is 12.6. The lowest BCUT2D eigenvalue weighted by Crippen LogP contribution is -2.60. The van der Waals surface area contributed by atoms with E-state index in [-0.39, 0.29) is 53.3 Å². The summed E-state index contributed by atoms with van der Waals surface area (Å²) in [5.74, 6) is -6.39. The van der Waals surface area contributed by atoms with Crippen molar-refractivity contribution in [2.24, 2.45) is 17.8 Å². The van der Waals surface area contributed by atoms with Gasteiger partial charge in [0.05, 0.1) is 34.5 Å². The van der Waals surface area contributed by atoms with Crippen molar-refractivity contribution in [3.63, 3.8) is 0 Å². The molecule has 6 rings (SSSR count). The van der Waals surface area contributed by atoms with Crippen LogP contribution in [0.15, 0.2) is 54.1 Å². The third kappa shape index (κ3) is 3.92. The number of carbonyl (C=O) groups is 4. The van der Waals surface area contributed by atoms with Crippen LogP contribution in [0.3, 0.4) is 0 Å². The lowest BCUT2D eigenvalue weighted by molar-refractivity contribution is -0.384. The van der Waals surface area contributed by atoms with E-state index in [1.807, 2.05) is 0 Å². The highest BCUT2D eigenvalue weighted by Crippen LogP contribution is 2.66. The summed E-state index contributed by atoms with van der Waals surface area (Å²) in [6.45, 7) is 1.98. The third-order valence-electron chi connectivity index (χ3n) is 8.97. The van der Waals surface area contributed by atoms with Crippen LogP contribution >= 0.6 is 39.1 Å². The molecule has 43 heavy (non-hydrogen) atoms. The van der Waals surface area contributed by atoms with E-state index < -0.39 is 62.0 Å². The van der Waals surface area contributed by atoms with Crippen molar-refractivity contribution in [1.29, 1.82) is 0 Å². The van der Waals surface area contributed by atoms with Gasteiger partial charge < -0.3 is 9.84 Å². The van der Waals surface area contributed by atoms with Gasteiger partial charge in [-0.05, 0) is 43.9 Å². The van der Waals surface area contributed by atoms with E-state index in [2.05, 4.69) is 15.9 Å². The Balaban J connectivity index is 1.50. The normalized spacial score (nSPS) is 31.5. The molecule has 11 nitrogen and oxygen atoms in total. The maximum Gasteiger partial charge on any atom is 0.269 e. The Bertz CT molecular complexity index is 1630. The molecule has 0 radical (unpaired) electrons. The number of ether oxygens (including phenoxy) is 1. The highest BCUT2D eigenvalue weighted by molar-refractivity contribution is 9.09. The Morgan fingerprint density at radius 1 is 1.07 bits per heavy atom. The molecule has 3 fully saturated rings. The first-order valence-corrected chi connectivity index (χ1v) is 15.4. The summed E-state index contributed by atoms with van der Waals surface area (Å²) >= 11 is 17.6. The quantitative estimate of drug-likeness (QED) is 0.115. The van der Waals surface area contributed by atoms with Gasteiger partial charge in [-0.15, -0.1) is 23.2 Å². The number of nitro groups is 1. The molecule has 2 aliphatic heterocycles. The molecule has 0 bridgehead atoms. The van der Waals surface area contributed by atoms with E-state index >= 15 is 0 Å². The van der Waals surface area contributed by atoms with Gasteiger partial charge >= 0.3 is 0 Å². The minimum Gasteiger partial charge on any atom is -0.504 e. The van der Waals surface area contributed by atoms with E-state index in [4.69, 9.17) is 27.9 Å². The number of nitro benzene ring substituents is 1. The number of fused-ring (bicyclic) bond motifs is 4. The molecule has 0 aromatic heterocycles. The van der Waals surface area contributed by atoms with Crippen molar-refractivity contribution in [2.45, 2.75) is 35.4 Å². The summed E-state index contributed by atoms with van der Waals surface area (Å²) in [5.41, 5.74) is 0.516. The Labute approximate surface area is 263 Å². The maximum absolute atomic E-state index is 14.0. The number of imide groups is 2. The number of allylic oxidation sites excluding steroid dienone is 2. The van der Waals surface area contributed by atoms with Crippen molar-refractivity contribution in [2.75, 3.05) is 17.0 Å². The molecule has 224 valence electrons. The standard InChI is InChI=1S/C29H24BrCl2N3O8/c1-2-43-20-5-3-4-18(23(20)36)22-16-10-11-17-21(19(16)12-28(31)26(39)33(13-30)27(40)29(22,28)32)25(38)34(24(17)37)14-6-8-15(9-7-14)35(41)42/h3-10,17,19,21-22,36H,2,11-13H2,1H3. The number of nitrogens with zero attached hydrogens (tertiary/aromatic N) is 3. The zero-order chi connectivity index (χ0) is 31.0. The summed E-state index contributed by atoms with van der Waals surface area (Å²) in [5, 5.41) is 22.5. The monoisotopic (exact) mass is 691 g/mol. The molecule has 14 heteroatoms. The van der Waals surface area contributed by atoms with Gasteiger partial charge in [0.25, 0.3) is 17.5 Å². The third-order valence-corrected chi connectivity index (χ3v) is 10.9. The van der Waals surface area contributed by atoms with Gasteiger partial charge in [-0.25, -0.2) is 0 Å². The molecule has 1 saturated carbocycles. The Morgan fingerprint density at radius 2 is 1.77 bits per heavy atom. The molecule has 2 heterocycles. The van der Waals surface area contributed by atoms with Crippen LogP contribution < -0.4 is 9.64 Å². The highest BCUT2D eigenvalue weighted by Gasteiger charge is 2.76. The van der Waals surface area contributed by atoms with E-state index in [9.17, 15) is 34.4 Å². The average Bonchev–Trinajstić information content (AvgIpc) is 3.32. The smallest absolute Gasteiger partial charge is 0.269 e. The number of anilines is 1. The number of halogens is 3. The van der Waals surface area contributed by atoms with Crippen molar-refractivity contribution in [3.05, 3.63) is 69.8 Å². The van der Waals surface area contributed by atoms with E-state index in [0.29, 0.717) is 5.57 Å². The van der Waals surface area contributed by atoms with Gasteiger partial charge in [0, 0.05) is 23.6 Å². The van der Waals surface area contributed by atoms with Gasteiger partial charge in [-0.3, -0.25) is 39.1 Å². The number of aromatic hydroxyl groups is 1. The number of non-ortho nitro benzene ring substituents is 1. The first kappa shape index (κ1) is 29.6. The minimum atomic E-state index is -2.07. The van der Waals surface area contributed by atoms with Crippen molar-refractivity contribution >= 4 is 74.1 Å². The number of likely N-dealkylation sites (tertiary alicyclic amines) is 1. The fraction of sp³-hybridized carbons (Fsp3) is 0.379. The summed E-state index contributed by atoms with van der Waals surface area (Å²) in [4.78, 5) is 63.7. The van der Waals surface area contributed by atoms with Crippen LogP contribution in [-0.2, 0) is 19.2 Å². The molecular formula is C29H24BrCl2N3O8. The molecule has 4 aliphatic rings. The topological polar surface area (TPSA) is 147 Å². The number of phenols is 1. The lowest BCUT2D eigenvalue weighted by atomic mass is 9.56. The molecular weight excluding hydrogens is 669 g/mol. The fourth-order valence-corrected chi connectivity index (χ4v) is 8.54. The second kappa shape index (κ2) is 10.3. The molecule has 6 atom stereocenters. The predicted octanol–water partition coefficient (Wildman–Crippen LogP) is 4.61.